The van der Waals surface area contributed by atoms with Crippen molar-refractivity contribution in [2.24, 2.45) is 0 Å². The fraction of sp³-hybridized carbons (Fsp3) is 0.154. The number of benzene rings is 1. The van der Waals surface area contributed by atoms with Gasteiger partial charge in [-0.2, -0.15) is 13.2 Å². The van der Waals surface area contributed by atoms with Gasteiger partial charge in [-0.15, -0.1) is 0 Å². The lowest BCUT2D eigenvalue weighted by atomic mass is 10.2. The van der Waals surface area contributed by atoms with Gasteiger partial charge in [-0.3, -0.25) is 9.19 Å². The monoisotopic (exact) mass is 378 g/mol. The van der Waals surface area contributed by atoms with Gasteiger partial charge >= 0.3 is 6.18 Å². The molecule has 2 N–H and O–H groups in total. The van der Waals surface area contributed by atoms with Crippen LogP contribution in [0, 0.1) is 0 Å². The molecule has 21 heavy (non-hydrogen) atoms. The summed E-state index contributed by atoms with van der Waals surface area (Å²) in [5, 5.41) is 0. The van der Waals surface area contributed by atoms with Gasteiger partial charge in [-0.1, -0.05) is 0 Å². The number of hydrogen-bond acceptors (Lipinski definition) is 3. The number of nitrogens with zero attached hydrogens (tertiary/aromatic N) is 1. The van der Waals surface area contributed by atoms with Crippen molar-refractivity contribution >= 4 is 32.4 Å². The van der Waals surface area contributed by atoms with Crippen LogP contribution in [0.1, 0.15) is 11.3 Å². The van der Waals surface area contributed by atoms with Gasteiger partial charge in [0, 0.05) is 16.4 Å². The van der Waals surface area contributed by atoms with Gasteiger partial charge in [0.25, 0.3) is 0 Å². The molecule has 0 fully saturated rings. The lowest BCUT2D eigenvalue weighted by Gasteiger charge is -2.10. The van der Waals surface area contributed by atoms with E-state index in [0.29, 0.717) is 5.69 Å². The first kappa shape index (κ1) is 16.0. The number of hydrogen-bond donors (Lipinski definition) is 1. The lowest BCUT2D eigenvalue weighted by molar-refractivity contribution is -0.137. The summed E-state index contributed by atoms with van der Waals surface area (Å²) in [5.41, 5.74) is 5.14. The summed E-state index contributed by atoms with van der Waals surface area (Å²) in [4.78, 5) is 4.24. The summed E-state index contributed by atoms with van der Waals surface area (Å²) in [6.07, 6.45) is -2.91. The minimum atomic E-state index is -4.47. The third-order valence-corrected chi connectivity index (χ3v) is 4.54. The molecule has 0 spiro atoms. The summed E-state index contributed by atoms with van der Waals surface area (Å²) in [6, 6.07) is 6.24. The minimum absolute atomic E-state index is 0.0862. The largest absolute Gasteiger partial charge is 0.416 e. The molecule has 1 heterocycles. The predicted octanol–water partition coefficient (Wildman–Crippen LogP) is 3.75. The Balaban J connectivity index is 2.22. The molecule has 2 rings (SSSR count). The quantitative estimate of drug-likeness (QED) is 0.827. The molecule has 0 amide bonds. The predicted molar refractivity (Wildman–Crippen MR) is 77.9 cm³/mol. The van der Waals surface area contributed by atoms with Crippen molar-refractivity contribution in [3.8, 4) is 0 Å². The summed E-state index contributed by atoms with van der Waals surface area (Å²) in [6.45, 7) is 0. The fourth-order valence-corrected chi connectivity index (χ4v) is 3.01. The molecule has 112 valence electrons. The molecule has 1 aromatic heterocycles. The van der Waals surface area contributed by atoms with Crippen LogP contribution in [0.15, 0.2) is 45.9 Å². The van der Waals surface area contributed by atoms with Gasteiger partial charge in [0.1, 0.15) is 0 Å². The van der Waals surface area contributed by atoms with Gasteiger partial charge in [0.05, 0.1) is 32.7 Å². The first-order chi connectivity index (χ1) is 9.77. The Hall–Kier alpha value is -1.41. The number of alkyl halides is 3. The van der Waals surface area contributed by atoms with E-state index >= 15 is 0 Å². The highest BCUT2D eigenvalue weighted by Gasteiger charge is 2.31. The van der Waals surface area contributed by atoms with Crippen LogP contribution in [0.4, 0.5) is 18.9 Å². The maximum absolute atomic E-state index is 12.5. The average Bonchev–Trinajstić information content (AvgIpc) is 2.40. The normalized spacial score (nSPS) is 13.1. The Morgan fingerprint density at radius 1 is 1.24 bits per heavy atom. The highest BCUT2D eigenvalue weighted by atomic mass is 79.9. The number of halogens is 4. The Morgan fingerprint density at radius 3 is 2.48 bits per heavy atom. The van der Waals surface area contributed by atoms with Gasteiger partial charge in [-0.25, -0.2) is 0 Å². The van der Waals surface area contributed by atoms with Crippen LogP contribution in [0.25, 0.3) is 0 Å². The van der Waals surface area contributed by atoms with Crippen molar-refractivity contribution in [3.63, 3.8) is 0 Å². The summed E-state index contributed by atoms with van der Waals surface area (Å²) in [7, 11) is -1.56. The molecular formula is C13H10BrF3N2OS. The standard InChI is InChI=1S/C13H10BrF3N2OS/c14-9-2-3-10(19-6-9)7-21(20)12-4-1-8(5-11(12)18)13(15,16)17/h1-6H,7,18H2. The second kappa shape index (κ2) is 6.15. The molecule has 0 saturated carbocycles. The molecule has 0 aliphatic heterocycles. The molecule has 1 atom stereocenters. The summed E-state index contributed by atoms with van der Waals surface area (Å²) < 4.78 is 50.6. The van der Waals surface area contributed by atoms with Crippen LogP contribution in [-0.4, -0.2) is 9.19 Å². The SMILES string of the molecule is Nc1cc(C(F)(F)F)ccc1S(=O)Cc1ccc(Br)cn1. The lowest BCUT2D eigenvalue weighted by Crippen LogP contribution is -2.08. The highest BCUT2D eigenvalue weighted by Crippen LogP contribution is 2.32. The Morgan fingerprint density at radius 2 is 1.95 bits per heavy atom. The van der Waals surface area contributed by atoms with E-state index < -0.39 is 22.5 Å². The zero-order chi connectivity index (χ0) is 15.6. The number of pyridine rings is 1. The second-order valence-corrected chi connectivity index (χ2v) is 6.54. The van der Waals surface area contributed by atoms with Crippen molar-refractivity contribution in [1.82, 2.24) is 4.98 Å². The second-order valence-electron chi connectivity index (χ2n) is 4.21. The molecule has 0 bridgehead atoms. The molecule has 3 nitrogen and oxygen atoms in total. The minimum Gasteiger partial charge on any atom is -0.398 e. The zero-order valence-corrected chi connectivity index (χ0v) is 12.9. The third kappa shape index (κ3) is 4.04. The van der Waals surface area contributed by atoms with E-state index in [4.69, 9.17) is 5.73 Å². The molecule has 0 radical (unpaired) electrons. The first-order valence-electron chi connectivity index (χ1n) is 5.73. The van der Waals surface area contributed by atoms with Crippen molar-refractivity contribution in [1.29, 1.82) is 0 Å². The number of anilines is 1. The number of rotatable bonds is 3. The van der Waals surface area contributed by atoms with E-state index in [2.05, 4.69) is 20.9 Å². The molecule has 0 aliphatic rings. The molecule has 0 saturated heterocycles. The van der Waals surface area contributed by atoms with Gasteiger partial charge in [-0.05, 0) is 46.3 Å². The molecule has 2 aromatic rings. The van der Waals surface area contributed by atoms with Gasteiger partial charge in [0.15, 0.2) is 0 Å². The molecular weight excluding hydrogens is 369 g/mol. The van der Waals surface area contributed by atoms with Gasteiger partial charge in [0.2, 0.25) is 0 Å². The maximum Gasteiger partial charge on any atom is 0.416 e. The molecule has 1 unspecified atom stereocenters. The van der Waals surface area contributed by atoms with Crippen LogP contribution in [0.5, 0.6) is 0 Å². The van der Waals surface area contributed by atoms with E-state index in [1.165, 1.54) is 0 Å². The smallest absolute Gasteiger partial charge is 0.398 e. The highest BCUT2D eigenvalue weighted by molar-refractivity contribution is 9.10. The van der Waals surface area contributed by atoms with Gasteiger partial charge < -0.3 is 5.73 Å². The maximum atomic E-state index is 12.5. The Labute approximate surface area is 130 Å². The van der Waals surface area contributed by atoms with E-state index in [-0.39, 0.29) is 16.3 Å². The topological polar surface area (TPSA) is 56.0 Å². The van der Waals surface area contributed by atoms with E-state index in [1.807, 2.05) is 0 Å². The van der Waals surface area contributed by atoms with E-state index in [9.17, 15) is 17.4 Å². The van der Waals surface area contributed by atoms with Crippen molar-refractivity contribution in [3.05, 3.63) is 52.3 Å². The average molecular weight is 379 g/mol. The fourth-order valence-electron chi connectivity index (χ4n) is 1.64. The van der Waals surface area contributed by atoms with Crippen LogP contribution >= 0.6 is 15.9 Å². The number of nitrogen functional groups attached to an aromatic ring is 1. The number of nitrogens with two attached hydrogens (primary N) is 1. The zero-order valence-electron chi connectivity index (χ0n) is 10.5. The molecule has 1 aromatic carbocycles. The van der Waals surface area contributed by atoms with Crippen molar-refractivity contribution in [2.45, 2.75) is 16.8 Å². The Bertz CT molecular complexity index is 674. The summed E-state index contributed by atoms with van der Waals surface area (Å²) >= 11 is 3.23. The summed E-state index contributed by atoms with van der Waals surface area (Å²) in [5.74, 6) is 0.0862. The third-order valence-electron chi connectivity index (χ3n) is 2.65. The number of aromatic nitrogens is 1. The first-order valence-corrected chi connectivity index (χ1v) is 7.84. The van der Waals surface area contributed by atoms with Crippen molar-refractivity contribution in [2.75, 3.05) is 5.73 Å². The van der Waals surface area contributed by atoms with Crippen LogP contribution in [0.3, 0.4) is 0 Å². The van der Waals surface area contributed by atoms with Crippen molar-refractivity contribution < 1.29 is 17.4 Å². The molecule has 0 aliphatic carbocycles. The van der Waals surface area contributed by atoms with Crippen LogP contribution in [-0.2, 0) is 22.7 Å². The van der Waals surface area contributed by atoms with Crippen LogP contribution < -0.4 is 5.73 Å². The van der Waals surface area contributed by atoms with E-state index in [0.717, 1.165) is 22.7 Å². The Kier molecular flexibility index (Phi) is 4.67. The molecule has 8 heteroatoms. The van der Waals surface area contributed by atoms with Crippen LogP contribution in [0.2, 0.25) is 0 Å². The van der Waals surface area contributed by atoms with E-state index in [1.54, 1.807) is 18.3 Å².